The summed E-state index contributed by atoms with van der Waals surface area (Å²) in [7, 11) is 0. The van der Waals surface area contributed by atoms with Gasteiger partial charge < -0.3 is 5.32 Å². The zero-order valence-electron chi connectivity index (χ0n) is 16.1. The van der Waals surface area contributed by atoms with Crippen LogP contribution in [0.15, 0.2) is 0 Å². The number of unbranched alkanes of at least 4 members (excludes halogenated alkanes) is 1. The Morgan fingerprint density at radius 2 is 2.08 bits per heavy atom. The van der Waals surface area contributed by atoms with Gasteiger partial charge in [0.2, 0.25) is 0 Å². The van der Waals surface area contributed by atoms with Crippen molar-refractivity contribution in [2.24, 2.45) is 11.8 Å². The number of thiocarbonyl (C=S) groups is 1. The van der Waals surface area contributed by atoms with Crippen molar-refractivity contribution in [2.45, 2.75) is 72.4 Å². The van der Waals surface area contributed by atoms with Gasteiger partial charge in [-0.1, -0.05) is 51.6 Å². The quantitative estimate of drug-likeness (QED) is 0.521. The molecule has 0 unspecified atom stereocenters. The van der Waals surface area contributed by atoms with Gasteiger partial charge in [0.1, 0.15) is 10.7 Å². The third-order valence-corrected chi connectivity index (χ3v) is 5.93. The highest BCUT2D eigenvalue weighted by Crippen LogP contribution is 2.29. The van der Waals surface area contributed by atoms with Crippen molar-refractivity contribution in [3.63, 3.8) is 0 Å². The molecule has 0 bridgehead atoms. The molecule has 26 heavy (non-hydrogen) atoms. The maximum absolute atomic E-state index is 12.5. The fraction of sp³-hybridized carbons (Fsp3) is 0.722. The van der Waals surface area contributed by atoms with Crippen LogP contribution >= 0.6 is 23.8 Å². The summed E-state index contributed by atoms with van der Waals surface area (Å²) >= 11 is 11.7. The lowest BCUT2D eigenvalue weighted by atomic mass is 9.78. The maximum Gasteiger partial charge on any atom is 0.274 e. The number of amides is 1. The minimum absolute atomic E-state index is 0.329. The standard InChI is InChI=1S/C18H30ClN5OS/c1-5-6-10-24-16(19)15(13(4)23-24)17(25)21-22-18(26)20-14-9-7-8-11(2)12(14)3/h11-12,14H,5-10H2,1-4H3,(H,21,25)(H2,20,22,26)/t11-,12+,14-/m1/s1. The summed E-state index contributed by atoms with van der Waals surface area (Å²) in [6.45, 7) is 9.11. The Balaban J connectivity index is 1.90. The molecule has 0 aromatic carbocycles. The Hall–Kier alpha value is -1.34. The van der Waals surface area contributed by atoms with E-state index in [0.717, 1.165) is 19.3 Å². The average molecular weight is 400 g/mol. The summed E-state index contributed by atoms with van der Waals surface area (Å²) in [4.78, 5) is 12.5. The van der Waals surface area contributed by atoms with Crippen molar-refractivity contribution in [2.75, 3.05) is 0 Å². The Morgan fingerprint density at radius 1 is 1.35 bits per heavy atom. The largest absolute Gasteiger partial charge is 0.358 e. The summed E-state index contributed by atoms with van der Waals surface area (Å²) in [6, 6.07) is 0.331. The summed E-state index contributed by atoms with van der Waals surface area (Å²) in [5, 5.41) is 8.47. The van der Waals surface area contributed by atoms with Crippen LogP contribution in [-0.4, -0.2) is 26.8 Å². The van der Waals surface area contributed by atoms with Crippen LogP contribution in [0.1, 0.15) is 68.9 Å². The Bertz CT molecular complexity index is 648. The van der Waals surface area contributed by atoms with E-state index in [2.05, 4.69) is 42.0 Å². The molecule has 0 saturated heterocycles. The van der Waals surface area contributed by atoms with Crippen molar-refractivity contribution in [1.29, 1.82) is 0 Å². The lowest BCUT2D eigenvalue weighted by molar-refractivity contribution is 0.0942. The SMILES string of the molecule is CCCCn1nc(C)c(C(=O)NNC(=S)N[C@@H]2CCC[C@@H](C)[C@@H]2C)c1Cl. The van der Waals surface area contributed by atoms with Gasteiger partial charge in [0.25, 0.3) is 5.91 Å². The van der Waals surface area contributed by atoms with Crippen LogP contribution in [0.2, 0.25) is 5.15 Å². The highest BCUT2D eigenvalue weighted by molar-refractivity contribution is 7.80. The van der Waals surface area contributed by atoms with Crippen LogP contribution in [0.5, 0.6) is 0 Å². The predicted octanol–water partition coefficient (Wildman–Crippen LogP) is 3.58. The number of hydrogen-bond donors (Lipinski definition) is 3. The van der Waals surface area contributed by atoms with Crippen LogP contribution < -0.4 is 16.2 Å². The fourth-order valence-corrected chi connectivity index (χ4v) is 3.98. The first kappa shape index (κ1) is 21.0. The Labute approximate surface area is 166 Å². The first-order chi connectivity index (χ1) is 12.3. The molecule has 146 valence electrons. The molecule has 0 radical (unpaired) electrons. The summed E-state index contributed by atoms with van der Waals surface area (Å²) < 4.78 is 1.68. The second-order valence-electron chi connectivity index (χ2n) is 7.25. The first-order valence-electron chi connectivity index (χ1n) is 9.44. The van der Waals surface area contributed by atoms with Crippen molar-refractivity contribution in [3.8, 4) is 0 Å². The van der Waals surface area contributed by atoms with E-state index in [9.17, 15) is 4.79 Å². The van der Waals surface area contributed by atoms with Gasteiger partial charge in [0.15, 0.2) is 5.11 Å². The molecule has 8 heteroatoms. The van der Waals surface area contributed by atoms with Gasteiger partial charge in [0, 0.05) is 12.6 Å². The molecule has 1 aliphatic carbocycles. The third-order valence-electron chi connectivity index (χ3n) is 5.33. The van der Waals surface area contributed by atoms with Crippen LogP contribution in [0.4, 0.5) is 0 Å². The minimum Gasteiger partial charge on any atom is -0.358 e. The number of hydrazine groups is 1. The summed E-state index contributed by atoms with van der Waals surface area (Å²) in [5.41, 5.74) is 6.43. The molecule has 1 aromatic rings. The second kappa shape index (κ2) is 9.55. The highest BCUT2D eigenvalue weighted by Gasteiger charge is 2.27. The minimum atomic E-state index is -0.329. The van der Waals surface area contributed by atoms with E-state index in [1.165, 1.54) is 12.8 Å². The molecule has 3 N–H and O–H groups in total. The molecule has 1 heterocycles. The lowest BCUT2D eigenvalue weighted by Crippen LogP contribution is -2.52. The average Bonchev–Trinajstić information content (AvgIpc) is 2.88. The normalized spacial score (nSPS) is 22.7. The van der Waals surface area contributed by atoms with E-state index in [1.807, 2.05) is 0 Å². The van der Waals surface area contributed by atoms with Gasteiger partial charge in [-0.15, -0.1) is 0 Å². The summed E-state index contributed by atoms with van der Waals surface area (Å²) in [5.74, 6) is 0.895. The maximum atomic E-state index is 12.5. The molecule has 6 nitrogen and oxygen atoms in total. The highest BCUT2D eigenvalue weighted by atomic mass is 35.5. The number of aryl methyl sites for hydroxylation is 2. The first-order valence-corrected chi connectivity index (χ1v) is 10.2. The third kappa shape index (κ3) is 5.10. The van der Waals surface area contributed by atoms with E-state index in [-0.39, 0.29) is 5.91 Å². The number of halogens is 1. The number of nitrogens with one attached hydrogen (secondary N) is 3. The molecule has 1 fully saturated rings. The molecular weight excluding hydrogens is 370 g/mol. The zero-order chi connectivity index (χ0) is 19.3. The van der Waals surface area contributed by atoms with Gasteiger partial charge in [-0.3, -0.25) is 20.3 Å². The number of carbonyl (C=O) groups is 1. The number of rotatable bonds is 5. The van der Waals surface area contributed by atoms with E-state index in [0.29, 0.717) is 45.9 Å². The van der Waals surface area contributed by atoms with Crippen molar-refractivity contribution >= 4 is 34.8 Å². The van der Waals surface area contributed by atoms with Gasteiger partial charge in [-0.25, -0.2) is 0 Å². The van der Waals surface area contributed by atoms with Crippen molar-refractivity contribution < 1.29 is 4.79 Å². The van der Waals surface area contributed by atoms with Crippen molar-refractivity contribution in [3.05, 3.63) is 16.4 Å². The number of nitrogens with zero attached hydrogens (tertiary/aromatic N) is 2. The van der Waals surface area contributed by atoms with E-state index in [4.69, 9.17) is 23.8 Å². The smallest absolute Gasteiger partial charge is 0.274 e. The molecule has 0 aliphatic heterocycles. The Kier molecular flexibility index (Phi) is 7.70. The monoisotopic (exact) mass is 399 g/mol. The van der Waals surface area contributed by atoms with Crippen LogP contribution in [0.25, 0.3) is 0 Å². The summed E-state index contributed by atoms with van der Waals surface area (Å²) in [6.07, 6.45) is 5.55. The van der Waals surface area contributed by atoms with Gasteiger partial charge in [-0.05, 0) is 43.8 Å². The van der Waals surface area contributed by atoms with Gasteiger partial charge >= 0.3 is 0 Å². The molecule has 1 amide bonds. The molecule has 1 aromatic heterocycles. The molecule has 1 aliphatic rings. The fourth-order valence-electron chi connectivity index (χ4n) is 3.43. The zero-order valence-corrected chi connectivity index (χ0v) is 17.6. The van der Waals surface area contributed by atoms with E-state index in [1.54, 1.807) is 11.6 Å². The Morgan fingerprint density at radius 3 is 2.77 bits per heavy atom. The molecule has 3 atom stereocenters. The van der Waals surface area contributed by atoms with Crippen molar-refractivity contribution in [1.82, 2.24) is 25.9 Å². The molecule has 1 saturated carbocycles. The van der Waals surface area contributed by atoms with Gasteiger partial charge in [-0.2, -0.15) is 5.10 Å². The molecule has 0 spiro atoms. The number of hydrogen-bond acceptors (Lipinski definition) is 3. The lowest BCUT2D eigenvalue weighted by Gasteiger charge is -2.35. The number of carbonyl (C=O) groups excluding carboxylic acids is 1. The van der Waals surface area contributed by atoms with E-state index < -0.39 is 0 Å². The van der Waals surface area contributed by atoms with E-state index >= 15 is 0 Å². The molecular formula is C18H30ClN5OS. The van der Waals surface area contributed by atoms with Crippen LogP contribution in [0.3, 0.4) is 0 Å². The molecule has 2 rings (SSSR count). The van der Waals surface area contributed by atoms with Gasteiger partial charge in [0.05, 0.1) is 5.69 Å². The van der Waals surface area contributed by atoms with Crippen LogP contribution in [-0.2, 0) is 6.54 Å². The topological polar surface area (TPSA) is 71.0 Å². The second-order valence-corrected chi connectivity index (χ2v) is 8.02. The predicted molar refractivity (Wildman–Crippen MR) is 109 cm³/mol. The number of aromatic nitrogens is 2. The van der Waals surface area contributed by atoms with Crippen LogP contribution in [0, 0.1) is 18.8 Å².